The third-order valence-electron chi connectivity index (χ3n) is 1.00. The van der Waals surface area contributed by atoms with E-state index in [0.29, 0.717) is 0 Å². The van der Waals surface area contributed by atoms with Gasteiger partial charge in [0.1, 0.15) is 0 Å². The van der Waals surface area contributed by atoms with Crippen molar-refractivity contribution in [3.63, 3.8) is 0 Å². The summed E-state index contributed by atoms with van der Waals surface area (Å²) in [6.45, 7) is 0. The Hall–Kier alpha value is -0.730. The van der Waals surface area contributed by atoms with Crippen molar-refractivity contribution in [3.8, 4) is 0 Å². The molecule has 0 aromatic carbocycles. The molecule has 0 aromatic rings. The molecular formula is C3H6N4. The molecular weight excluding hydrogens is 92.1 g/mol. The maximum Gasteiger partial charge on any atom is 0.0540 e. The monoisotopic (exact) mass is 98.1 g/mol. The maximum atomic E-state index is 7.80. The molecule has 0 spiro atoms. The van der Waals surface area contributed by atoms with Crippen molar-refractivity contribution in [2.45, 2.75) is 18.5 Å². The Morgan fingerprint density at radius 1 is 1.86 bits per heavy atom. The van der Waals surface area contributed by atoms with Crippen LogP contribution in [0, 0.1) is 0 Å². The van der Waals surface area contributed by atoms with Crippen molar-refractivity contribution < 1.29 is 0 Å². The van der Waals surface area contributed by atoms with Crippen molar-refractivity contribution in [2.24, 2.45) is 10.8 Å². The number of hydrogen-bond acceptors (Lipinski definition) is 2. The molecule has 1 aliphatic carbocycles. The largest absolute Gasteiger partial charge is 0.327 e. The SMILES string of the molecule is [N-]=[N+]=N[C@@H]1C[C@H]1N. The summed E-state index contributed by atoms with van der Waals surface area (Å²) >= 11 is 0. The summed E-state index contributed by atoms with van der Waals surface area (Å²) in [6.07, 6.45) is 0.865. The Kier molecular flexibility index (Phi) is 0.889. The van der Waals surface area contributed by atoms with Gasteiger partial charge in [-0.25, -0.2) is 0 Å². The summed E-state index contributed by atoms with van der Waals surface area (Å²) in [7, 11) is 0. The highest BCUT2D eigenvalue weighted by Crippen LogP contribution is 2.21. The highest BCUT2D eigenvalue weighted by molar-refractivity contribution is 4.96. The first-order valence-electron chi connectivity index (χ1n) is 2.14. The molecule has 4 heteroatoms. The lowest BCUT2D eigenvalue weighted by atomic mass is 10.7. The highest BCUT2D eigenvalue weighted by atomic mass is 15.2. The fourth-order valence-corrected chi connectivity index (χ4v) is 0.399. The normalized spacial score (nSPS) is 36.7. The molecule has 7 heavy (non-hydrogen) atoms. The lowest BCUT2D eigenvalue weighted by Gasteiger charge is -1.72. The molecule has 0 radical (unpaired) electrons. The molecule has 1 saturated carbocycles. The fraction of sp³-hybridized carbons (Fsp3) is 1.00. The second kappa shape index (κ2) is 1.40. The summed E-state index contributed by atoms with van der Waals surface area (Å²) in [6, 6.07) is 0.251. The predicted molar refractivity (Wildman–Crippen MR) is 25.5 cm³/mol. The summed E-state index contributed by atoms with van der Waals surface area (Å²) in [4.78, 5) is 2.59. The third-order valence-corrected chi connectivity index (χ3v) is 1.00. The van der Waals surface area contributed by atoms with E-state index in [1.165, 1.54) is 0 Å². The quantitative estimate of drug-likeness (QED) is 0.287. The lowest BCUT2D eigenvalue weighted by Crippen LogP contribution is -2.02. The minimum atomic E-state index is 0.102. The van der Waals surface area contributed by atoms with Gasteiger partial charge in [-0.3, -0.25) is 0 Å². The minimum absolute atomic E-state index is 0.102. The van der Waals surface area contributed by atoms with Gasteiger partial charge < -0.3 is 5.73 Å². The fourth-order valence-electron chi connectivity index (χ4n) is 0.399. The topological polar surface area (TPSA) is 74.8 Å². The second-order valence-corrected chi connectivity index (χ2v) is 1.67. The van der Waals surface area contributed by atoms with Gasteiger partial charge in [0.05, 0.1) is 6.04 Å². The summed E-state index contributed by atoms with van der Waals surface area (Å²) in [5.41, 5.74) is 13.1. The van der Waals surface area contributed by atoms with Gasteiger partial charge in [0.15, 0.2) is 0 Å². The Morgan fingerprint density at radius 2 is 2.43 bits per heavy atom. The first-order valence-corrected chi connectivity index (χ1v) is 2.14. The van der Waals surface area contributed by atoms with Gasteiger partial charge >= 0.3 is 0 Å². The van der Waals surface area contributed by atoms with E-state index in [2.05, 4.69) is 10.0 Å². The van der Waals surface area contributed by atoms with Gasteiger partial charge in [0.25, 0.3) is 0 Å². The van der Waals surface area contributed by atoms with Crippen LogP contribution in [0.3, 0.4) is 0 Å². The smallest absolute Gasteiger partial charge is 0.0540 e. The van der Waals surface area contributed by atoms with Crippen molar-refractivity contribution in [3.05, 3.63) is 10.4 Å². The molecule has 0 bridgehead atoms. The van der Waals surface area contributed by atoms with E-state index in [9.17, 15) is 0 Å². The molecule has 4 nitrogen and oxygen atoms in total. The highest BCUT2D eigenvalue weighted by Gasteiger charge is 2.31. The number of azide groups is 1. The average molecular weight is 98.1 g/mol. The predicted octanol–water partition coefficient (Wildman–Crippen LogP) is 0.396. The van der Waals surface area contributed by atoms with E-state index >= 15 is 0 Å². The zero-order chi connectivity index (χ0) is 5.28. The van der Waals surface area contributed by atoms with Gasteiger partial charge in [-0.2, -0.15) is 0 Å². The molecule has 1 fully saturated rings. The lowest BCUT2D eigenvalue weighted by molar-refractivity contribution is 0.951. The molecule has 0 unspecified atom stereocenters. The van der Waals surface area contributed by atoms with Crippen LogP contribution in [-0.2, 0) is 0 Å². The van der Waals surface area contributed by atoms with Gasteiger partial charge in [-0.05, 0) is 12.0 Å². The van der Waals surface area contributed by atoms with E-state index in [4.69, 9.17) is 11.3 Å². The van der Waals surface area contributed by atoms with E-state index in [-0.39, 0.29) is 12.1 Å². The maximum absolute atomic E-state index is 7.80. The first-order chi connectivity index (χ1) is 3.34. The molecule has 2 N–H and O–H groups in total. The van der Waals surface area contributed by atoms with Gasteiger partial charge in [-0.1, -0.05) is 5.11 Å². The molecule has 0 saturated heterocycles. The minimum Gasteiger partial charge on any atom is -0.327 e. The van der Waals surface area contributed by atoms with Crippen LogP contribution < -0.4 is 5.73 Å². The molecule has 1 rings (SSSR count). The van der Waals surface area contributed by atoms with Crippen molar-refractivity contribution in [1.29, 1.82) is 0 Å². The number of hydrogen-bond donors (Lipinski definition) is 1. The van der Waals surface area contributed by atoms with Crippen molar-refractivity contribution in [1.82, 2.24) is 0 Å². The summed E-state index contributed by atoms with van der Waals surface area (Å²) < 4.78 is 0. The third kappa shape index (κ3) is 0.824. The number of nitrogens with zero attached hydrogens (tertiary/aromatic N) is 3. The van der Waals surface area contributed by atoms with Crippen LogP contribution in [0.15, 0.2) is 5.11 Å². The van der Waals surface area contributed by atoms with Crippen LogP contribution in [0.2, 0.25) is 0 Å². The van der Waals surface area contributed by atoms with Crippen LogP contribution in [0.1, 0.15) is 6.42 Å². The molecule has 0 aromatic heterocycles. The Labute approximate surface area is 40.9 Å². The zero-order valence-electron chi connectivity index (χ0n) is 3.78. The van der Waals surface area contributed by atoms with Crippen LogP contribution in [0.5, 0.6) is 0 Å². The second-order valence-electron chi connectivity index (χ2n) is 1.67. The van der Waals surface area contributed by atoms with Crippen molar-refractivity contribution >= 4 is 0 Å². The zero-order valence-corrected chi connectivity index (χ0v) is 3.78. The molecule has 0 amide bonds. The van der Waals surface area contributed by atoms with Crippen molar-refractivity contribution in [2.75, 3.05) is 0 Å². The van der Waals surface area contributed by atoms with Crippen LogP contribution in [0.25, 0.3) is 10.4 Å². The molecule has 2 atom stereocenters. The van der Waals surface area contributed by atoms with Gasteiger partial charge in [0.2, 0.25) is 0 Å². The van der Waals surface area contributed by atoms with Crippen LogP contribution in [0.4, 0.5) is 0 Å². The van der Waals surface area contributed by atoms with E-state index in [1.54, 1.807) is 0 Å². The number of rotatable bonds is 1. The molecule has 0 heterocycles. The Bertz CT molecular complexity index is 114. The molecule has 38 valence electrons. The van der Waals surface area contributed by atoms with E-state index in [1.807, 2.05) is 0 Å². The number of nitrogens with two attached hydrogens (primary N) is 1. The molecule has 0 aliphatic heterocycles. The summed E-state index contributed by atoms with van der Waals surface area (Å²) in [5, 5.41) is 3.37. The Morgan fingerprint density at radius 3 is 2.57 bits per heavy atom. The standard InChI is InChI=1S/C3H6N4/c4-2-1-3(2)6-7-5/h2-3H,1,4H2/t2-,3-/m1/s1. The molecule has 1 aliphatic rings. The van der Waals surface area contributed by atoms with Gasteiger partial charge in [0, 0.05) is 11.0 Å². The average Bonchev–Trinajstić information content (AvgIpc) is 2.22. The van der Waals surface area contributed by atoms with E-state index in [0.717, 1.165) is 6.42 Å². The van der Waals surface area contributed by atoms with Crippen LogP contribution >= 0.6 is 0 Å². The van der Waals surface area contributed by atoms with E-state index < -0.39 is 0 Å². The Balaban J connectivity index is 2.34. The van der Waals surface area contributed by atoms with Crippen LogP contribution in [-0.4, -0.2) is 12.1 Å². The first kappa shape index (κ1) is 4.43. The summed E-state index contributed by atoms with van der Waals surface area (Å²) in [5.74, 6) is 0. The van der Waals surface area contributed by atoms with Gasteiger partial charge in [-0.15, -0.1) is 0 Å².